The van der Waals surface area contributed by atoms with Crippen molar-refractivity contribution >= 4 is 17.5 Å². The van der Waals surface area contributed by atoms with Gasteiger partial charge in [0.1, 0.15) is 5.82 Å². The molecule has 1 aliphatic rings. The molecule has 98 valence electrons. The van der Waals surface area contributed by atoms with Crippen molar-refractivity contribution in [3.8, 4) is 0 Å². The van der Waals surface area contributed by atoms with Crippen LogP contribution in [0.4, 0.5) is 11.5 Å². The van der Waals surface area contributed by atoms with E-state index in [0.29, 0.717) is 23.1 Å². The van der Waals surface area contributed by atoms with Gasteiger partial charge in [-0.3, -0.25) is 0 Å². The molecule has 2 unspecified atom stereocenters. The number of rotatable bonds is 3. The maximum atomic E-state index is 11.5. The lowest BCUT2D eigenvalue weighted by molar-refractivity contribution is 0.0602. The Hall–Kier alpha value is -1.78. The number of hydrogen-bond acceptors (Lipinski definition) is 5. The molecule has 1 fully saturated rings. The zero-order chi connectivity index (χ0) is 13.1. The number of nitrogens with two attached hydrogens (primary N) is 1. The first-order valence-electron chi connectivity index (χ1n) is 6.20. The number of hydrogen-bond donors (Lipinski definition) is 2. The van der Waals surface area contributed by atoms with E-state index in [1.807, 2.05) is 0 Å². The molecule has 0 bridgehead atoms. The van der Waals surface area contributed by atoms with Gasteiger partial charge in [-0.15, -0.1) is 0 Å². The van der Waals surface area contributed by atoms with E-state index in [4.69, 9.17) is 5.73 Å². The normalized spacial score (nSPS) is 22.8. The van der Waals surface area contributed by atoms with Crippen LogP contribution in [0.3, 0.4) is 0 Å². The highest BCUT2D eigenvalue weighted by Crippen LogP contribution is 2.27. The number of methoxy groups -OCH3 is 1. The summed E-state index contributed by atoms with van der Waals surface area (Å²) in [4.78, 5) is 15.7. The fourth-order valence-corrected chi connectivity index (χ4v) is 2.38. The number of nitrogens with one attached hydrogen (secondary N) is 1. The fraction of sp³-hybridized carbons (Fsp3) is 0.538. The number of esters is 1. The van der Waals surface area contributed by atoms with Gasteiger partial charge in [-0.1, -0.05) is 6.92 Å². The number of nitrogens with zero attached hydrogens (tertiary/aromatic N) is 1. The standard InChI is InChI=1S/C13H19N3O2/c1-8-3-4-9(5-8)16-12-6-10(13(17)18-2)11(14)7-15-12/h6-9H,3-5,14H2,1-2H3,(H,15,16). The molecule has 0 radical (unpaired) electrons. The van der Waals surface area contributed by atoms with Crippen LogP contribution in [-0.2, 0) is 4.74 Å². The summed E-state index contributed by atoms with van der Waals surface area (Å²) in [6, 6.07) is 2.09. The molecule has 2 atom stereocenters. The van der Waals surface area contributed by atoms with Gasteiger partial charge in [0.25, 0.3) is 0 Å². The summed E-state index contributed by atoms with van der Waals surface area (Å²) in [5.41, 5.74) is 6.41. The molecule has 3 N–H and O–H groups in total. The lowest BCUT2D eigenvalue weighted by Gasteiger charge is -2.14. The van der Waals surface area contributed by atoms with E-state index in [0.717, 1.165) is 18.8 Å². The maximum Gasteiger partial charge on any atom is 0.340 e. The maximum absolute atomic E-state index is 11.5. The van der Waals surface area contributed by atoms with Crippen LogP contribution >= 0.6 is 0 Å². The summed E-state index contributed by atoms with van der Waals surface area (Å²) < 4.78 is 4.68. The first kappa shape index (κ1) is 12.7. The molecule has 1 saturated carbocycles. The van der Waals surface area contributed by atoms with Crippen LogP contribution < -0.4 is 11.1 Å². The van der Waals surface area contributed by atoms with Crippen molar-refractivity contribution in [2.75, 3.05) is 18.2 Å². The summed E-state index contributed by atoms with van der Waals surface area (Å²) in [5.74, 6) is 0.998. The van der Waals surface area contributed by atoms with Gasteiger partial charge in [-0.25, -0.2) is 9.78 Å². The minimum absolute atomic E-state index is 0.340. The summed E-state index contributed by atoms with van der Waals surface area (Å²) in [5, 5.41) is 3.34. The molecule has 5 nitrogen and oxygen atoms in total. The number of ether oxygens (including phenoxy) is 1. The molecule has 0 aromatic carbocycles. The third-order valence-electron chi connectivity index (χ3n) is 3.39. The number of carbonyl (C=O) groups excluding carboxylic acids is 1. The Morgan fingerprint density at radius 1 is 1.56 bits per heavy atom. The van der Waals surface area contributed by atoms with E-state index >= 15 is 0 Å². The Labute approximate surface area is 107 Å². The topological polar surface area (TPSA) is 77.2 Å². The third-order valence-corrected chi connectivity index (χ3v) is 3.39. The lowest BCUT2D eigenvalue weighted by Crippen LogP contribution is -2.17. The summed E-state index contributed by atoms with van der Waals surface area (Å²) in [7, 11) is 1.34. The molecule has 1 heterocycles. The van der Waals surface area contributed by atoms with Crippen LogP contribution in [0.2, 0.25) is 0 Å². The molecule has 1 aliphatic carbocycles. The summed E-state index contributed by atoms with van der Waals surface area (Å²) in [6.45, 7) is 2.25. The van der Waals surface area contributed by atoms with E-state index in [9.17, 15) is 4.79 Å². The first-order chi connectivity index (χ1) is 8.60. The Morgan fingerprint density at radius 2 is 2.33 bits per heavy atom. The zero-order valence-electron chi connectivity index (χ0n) is 10.8. The first-order valence-corrected chi connectivity index (χ1v) is 6.20. The van der Waals surface area contributed by atoms with Gasteiger partial charge in [-0.05, 0) is 31.2 Å². The second-order valence-corrected chi connectivity index (χ2v) is 4.91. The number of anilines is 2. The second kappa shape index (κ2) is 5.25. The van der Waals surface area contributed by atoms with Crippen LogP contribution in [-0.4, -0.2) is 24.1 Å². The van der Waals surface area contributed by atoms with Crippen molar-refractivity contribution in [3.63, 3.8) is 0 Å². The van der Waals surface area contributed by atoms with Crippen molar-refractivity contribution in [2.45, 2.75) is 32.2 Å². The summed E-state index contributed by atoms with van der Waals surface area (Å²) in [6.07, 6.45) is 5.00. The Balaban J connectivity index is 2.12. The quantitative estimate of drug-likeness (QED) is 0.802. The van der Waals surface area contributed by atoms with Gasteiger partial charge >= 0.3 is 5.97 Å². The molecule has 18 heavy (non-hydrogen) atoms. The van der Waals surface area contributed by atoms with E-state index in [1.165, 1.54) is 19.7 Å². The van der Waals surface area contributed by atoms with Crippen LogP contribution in [0, 0.1) is 5.92 Å². The zero-order valence-corrected chi connectivity index (χ0v) is 10.8. The molecule has 0 spiro atoms. The predicted molar refractivity (Wildman–Crippen MR) is 70.4 cm³/mol. The number of pyridine rings is 1. The molecule has 0 saturated heterocycles. The molecule has 5 heteroatoms. The van der Waals surface area contributed by atoms with Gasteiger partial charge in [0.05, 0.1) is 24.6 Å². The fourth-order valence-electron chi connectivity index (χ4n) is 2.38. The van der Waals surface area contributed by atoms with Gasteiger partial charge in [0.2, 0.25) is 0 Å². The van der Waals surface area contributed by atoms with Crippen LogP contribution in [0.15, 0.2) is 12.3 Å². The van der Waals surface area contributed by atoms with Crippen molar-refractivity contribution in [1.29, 1.82) is 0 Å². The van der Waals surface area contributed by atoms with Crippen LogP contribution in [0.1, 0.15) is 36.5 Å². The van der Waals surface area contributed by atoms with Gasteiger partial charge in [0, 0.05) is 6.04 Å². The van der Waals surface area contributed by atoms with Crippen molar-refractivity contribution in [3.05, 3.63) is 17.8 Å². The average molecular weight is 249 g/mol. The molecular formula is C13H19N3O2. The van der Waals surface area contributed by atoms with E-state index < -0.39 is 5.97 Å². The largest absolute Gasteiger partial charge is 0.465 e. The number of nitrogen functional groups attached to an aromatic ring is 1. The Morgan fingerprint density at radius 3 is 2.94 bits per heavy atom. The monoisotopic (exact) mass is 249 g/mol. The van der Waals surface area contributed by atoms with E-state index in [-0.39, 0.29) is 0 Å². The van der Waals surface area contributed by atoms with Crippen LogP contribution in [0.25, 0.3) is 0 Å². The van der Waals surface area contributed by atoms with Crippen molar-refractivity contribution in [2.24, 2.45) is 5.92 Å². The second-order valence-electron chi connectivity index (χ2n) is 4.91. The highest BCUT2D eigenvalue weighted by Gasteiger charge is 2.22. The molecule has 1 aromatic rings. The average Bonchev–Trinajstić information content (AvgIpc) is 2.76. The lowest BCUT2D eigenvalue weighted by atomic mass is 10.1. The molecule has 1 aromatic heterocycles. The highest BCUT2D eigenvalue weighted by molar-refractivity contribution is 5.95. The Bertz CT molecular complexity index is 448. The molecule has 2 rings (SSSR count). The molecule has 0 amide bonds. The third kappa shape index (κ3) is 2.72. The number of carbonyl (C=O) groups is 1. The smallest absolute Gasteiger partial charge is 0.340 e. The van der Waals surface area contributed by atoms with Crippen LogP contribution in [0.5, 0.6) is 0 Å². The number of aromatic nitrogens is 1. The van der Waals surface area contributed by atoms with Gasteiger partial charge < -0.3 is 15.8 Å². The van der Waals surface area contributed by atoms with Crippen molar-refractivity contribution in [1.82, 2.24) is 4.98 Å². The Kier molecular flexibility index (Phi) is 3.69. The predicted octanol–water partition coefficient (Wildman–Crippen LogP) is 2.05. The minimum Gasteiger partial charge on any atom is -0.465 e. The van der Waals surface area contributed by atoms with E-state index in [2.05, 4.69) is 22.0 Å². The summed E-state index contributed by atoms with van der Waals surface area (Å²) >= 11 is 0. The highest BCUT2D eigenvalue weighted by atomic mass is 16.5. The minimum atomic E-state index is -0.433. The SMILES string of the molecule is COC(=O)c1cc(NC2CCC(C)C2)ncc1N. The van der Waals surface area contributed by atoms with Crippen molar-refractivity contribution < 1.29 is 9.53 Å². The van der Waals surface area contributed by atoms with Gasteiger partial charge in [-0.2, -0.15) is 0 Å². The van der Waals surface area contributed by atoms with E-state index in [1.54, 1.807) is 6.07 Å². The molecule has 0 aliphatic heterocycles. The molecular weight excluding hydrogens is 230 g/mol. The van der Waals surface area contributed by atoms with Gasteiger partial charge in [0.15, 0.2) is 0 Å².